The summed E-state index contributed by atoms with van der Waals surface area (Å²) in [5.74, 6) is 1.97. The van der Waals surface area contributed by atoms with Crippen molar-refractivity contribution in [2.24, 2.45) is 0 Å². The molecule has 1 atom stereocenters. The molecule has 1 unspecified atom stereocenters. The number of fused-ring (bicyclic) bond motifs is 1. The molecule has 5 rings (SSSR count). The van der Waals surface area contributed by atoms with Crippen LogP contribution in [0.3, 0.4) is 0 Å². The number of aromatic nitrogens is 1. The number of aromatic amines is 1. The summed E-state index contributed by atoms with van der Waals surface area (Å²) in [5, 5.41) is 19.9. The SMILES string of the molecule is CC(C)=O.CCC.CCCc1c(C(C)c2ccc(C)cc2)[nH]c2ccc(O)cc12.Oc1ccc(C2CC2)cc1. The first kappa shape index (κ1) is 31.7. The molecule has 39 heavy (non-hydrogen) atoms. The molecule has 3 aromatic carbocycles. The van der Waals surface area contributed by atoms with Gasteiger partial charge in [0, 0.05) is 22.5 Å². The van der Waals surface area contributed by atoms with Crippen LogP contribution in [0.1, 0.15) is 107 Å². The lowest BCUT2D eigenvalue weighted by Crippen LogP contribution is -2.00. The minimum absolute atomic E-state index is 0.167. The van der Waals surface area contributed by atoms with E-state index in [1.54, 1.807) is 18.2 Å². The lowest BCUT2D eigenvalue weighted by atomic mass is 9.92. The number of carbonyl (C=O) groups excluding carboxylic acids is 1. The van der Waals surface area contributed by atoms with Gasteiger partial charge in [-0.2, -0.15) is 0 Å². The van der Waals surface area contributed by atoms with Crippen molar-refractivity contribution in [2.75, 3.05) is 0 Å². The number of hydrogen-bond donors (Lipinski definition) is 3. The average molecular weight is 530 g/mol. The molecular formula is C35H47NO3. The van der Waals surface area contributed by atoms with E-state index in [0.717, 1.165) is 29.7 Å². The van der Waals surface area contributed by atoms with E-state index in [-0.39, 0.29) is 5.78 Å². The molecule has 1 saturated carbocycles. The van der Waals surface area contributed by atoms with Gasteiger partial charge in [-0.15, -0.1) is 0 Å². The van der Waals surface area contributed by atoms with E-state index in [1.165, 1.54) is 61.1 Å². The van der Waals surface area contributed by atoms with E-state index >= 15 is 0 Å². The molecule has 3 N–H and O–H groups in total. The lowest BCUT2D eigenvalue weighted by molar-refractivity contribution is -0.115. The summed E-state index contributed by atoms with van der Waals surface area (Å²) in [6, 6.07) is 21.9. The standard InChI is InChI=1S/C20H23NO.C9H10O.C3H6O.C3H8/c1-4-5-17-18-12-16(22)10-11-19(18)21-20(17)14(3)15-8-6-13(2)7-9-15;10-9-5-3-8(4-6-9)7-1-2-7;1-3(2)4;1-3-2/h6-12,14,21-22H,4-5H2,1-3H3;3-7,10H,1-2H2;1-2H3;3H2,1-2H3. The topological polar surface area (TPSA) is 73.3 Å². The maximum Gasteiger partial charge on any atom is 0.126 e. The third-order valence-electron chi connectivity index (χ3n) is 6.37. The van der Waals surface area contributed by atoms with E-state index < -0.39 is 0 Å². The Bertz CT molecular complexity index is 1280. The zero-order chi connectivity index (χ0) is 28.9. The number of hydrogen-bond acceptors (Lipinski definition) is 3. The number of rotatable bonds is 5. The maximum atomic E-state index is 9.80. The number of phenolic OH excluding ortho intramolecular Hbond substituents is 2. The summed E-state index contributed by atoms with van der Waals surface area (Å²) in [7, 11) is 0. The first-order valence-electron chi connectivity index (χ1n) is 14.3. The fraction of sp³-hybridized carbons (Fsp3) is 0.400. The number of aromatic hydroxyl groups is 2. The highest BCUT2D eigenvalue weighted by molar-refractivity contribution is 5.86. The Morgan fingerprint density at radius 1 is 0.897 bits per heavy atom. The van der Waals surface area contributed by atoms with Crippen LogP contribution in [0.4, 0.5) is 0 Å². The molecule has 210 valence electrons. The minimum Gasteiger partial charge on any atom is -0.508 e. The number of benzene rings is 3. The quantitative estimate of drug-likeness (QED) is 0.241. The van der Waals surface area contributed by atoms with Crippen molar-refractivity contribution in [3.05, 3.63) is 94.7 Å². The monoisotopic (exact) mass is 529 g/mol. The number of aryl methyl sites for hydroxylation is 2. The van der Waals surface area contributed by atoms with Crippen LogP contribution in [0, 0.1) is 6.92 Å². The van der Waals surface area contributed by atoms with Gasteiger partial charge in [0.05, 0.1) is 0 Å². The van der Waals surface area contributed by atoms with Gasteiger partial charge in [-0.1, -0.05) is 82.5 Å². The summed E-state index contributed by atoms with van der Waals surface area (Å²) >= 11 is 0. The molecule has 1 heterocycles. The number of carbonyl (C=O) groups is 1. The highest BCUT2D eigenvalue weighted by Gasteiger charge is 2.22. The van der Waals surface area contributed by atoms with Crippen LogP contribution in [-0.4, -0.2) is 21.0 Å². The van der Waals surface area contributed by atoms with E-state index in [9.17, 15) is 9.90 Å². The third kappa shape index (κ3) is 10.3. The van der Waals surface area contributed by atoms with E-state index in [4.69, 9.17) is 5.11 Å². The van der Waals surface area contributed by atoms with Crippen LogP contribution >= 0.6 is 0 Å². The van der Waals surface area contributed by atoms with Gasteiger partial charge in [-0.25, -0.2) is 0 Å². The zero-order valence-corrected chi connectivity index (χ0v) is 24.8. The lowest BCUT2D eigenvalue weighted by Gasteiger charge is -2.13. The largest absolute Gasteiger partial charge is 0.508 e. The molecule has 1 aliphatic carbocycles. The average Bonchev–Trinajstić information content (AvgIpc) is 3.68. The highest BCUT2D eigenvalue weighted by atomic mass is 16.3. The second kappa shape index (κ2) is 15.8. The van der Waals surface area contributed by atoms with Crippen LogP contribution in [0.25, 0.3) is 10.9 Å². The number of nitrogens with one attached hydrogen (secondary N) is 1. The molecule has 1 fully saturated rings. The van der Waals surface area contributed by atoms with Crippen molar-refractivity contribution < 1.29 is 15.0 Å². The predicted octanol–water partition coefficient (Wildman–Crippen LogP) is 9.57. The van der Waals surface area contributed by atoms with E-state index in [1.807, 2.05) is 24.3 Å². The van der Waals surface area contributed by atoms with Crippen molar-refractivity contribution in [3.8, 4) is 11.5 Å². The van der Waals surface area contributed by atoms with Crippen molar-refractivity contribution in [1.82, 2.24) is 4.98 Å². The van der Waals surface area contributed by atoms with E-state index in [2.05, 4.69) is 63.9 Å². The Labute approximate surface area is 235 Å². The predicted molar refractivity (Wildman–Crippen MR) is 165 cm³/mol. The molecule has 0 radical (unpaired) electrons. The molecule has 4 nitrogen and oxygen atoms in total. The normalized spacial score (nSPS) is 12.7. The Kier molecular flexibility index (Phi) is 12.8. The summed E-state index contributed by atoms with van der Waals surface area (Å²) in [4.78, 5) is 13.0. The van der Waals surface area contributed by atoms with Crippen molar-refractivity contribution in [3.63, 3.8) is 0 Å². The Balaban J connectivity index is 0.000000258. The second-order valence-corrected chi connectivity index (χ2v) is 10.6. The highest BCUT2D eigenvalue weighted by Crippen LogP contribution is 2.40. The molecule has 1 aliphatic rings. The molecule has 0 saturated heterocycles. The third-order valence-corrected chi connectivity index (χ3v) is 6.37. The summed E-state index contributed by atoms with van der Waals surface area (Å²) in [6.45, 7) is 13.9. The number of ketones is 1. The van der Waals surface area contributed by atoms with E-state index in [0.29, 0.717) is 17.4 Å². The Morgan fingerprint density at radius 3 is 1.95 bits per heavy atom. The van der Waals surface area contributed by atoms with Gasteiger partial charge in [0.15, 0.2) is 0 Å². The molecular weight excluding hydrogens is 482 g/mol. The molecule has 0 bridgehead atoms. The maximum absolute atomic E-state index is 9.80. The molecule has 4 aromatic rings. The van der Waals surface area contributed by atoms with Crippen molar-refractivity contribution in [2.45, 2.75) is 92.4 Å². The van der Waals surface area contributed by atoms with Gasteiger partial charge in [-0.3, -0.25) is 0 Å². The van der Waals surface area contributed by atoms with Gasteiger partial charge < -0.3 is 20.0 Å². The second-order valence-electron chi connectivity index (χ2n) is 10.6. The van der Waals surface area contributed by atoms with Crippen LogP contribution in [-0.2, 0) is 11.2 Å². The number of phenols is 2. The van der Waals surface area contributed by atoms with Crippen molar-refractivity contribution >= 4 is 16.7 Å². The molecule has 1 aromatic heterocycles. The first-order valence-corrected chi connectivity index (χ1v) is 14.3. The molecule has 4 heteroatoms. The summed E-state index contributed by atoms with van der Waals surface area (Å²) < 4.78 is 0. The van der Waals surface area contributed by atoms with Crippen LogP contribution < -0.4 is 0 Å². The molecule has 0 amide bonds. The van der Waals surface area contributed by atoms with Crippen molar-refractivity contribution in [1.29, 1.82) is 0 Å². The van der Waals surface area contributed by atoms with Gasteiger partial charge in [0.25, 0.3) is 0 Å². The zero-order valence-electron chi connectivity index (χ0n) is 24.8. The van der Waals surface area contributed by atoms with Crippen LogP contribution in [0.5, 0.6) is 11.5 Å². The minimum atomic E-state index is 0.167. The van der Waals surface area contributed by atoms with Crippen LogP contribution in [0.2, 0.25) is 0 Å². The van der Waals surface area contributed by atoms with Gasteiger partial charge in [0.1, 0.15) is 17.3 Å². The molecule has 0 spiro atoms. The fourth-order valence-corrected chi connectivity index (χ4v) is 4.33. The van der Waals surface area contributed by atoms with Crippen LogP contribution in [0.15, 0.2) is 66.7 Å². The number of Topliss-reactive ketones (excluding diaryl/α,β-unsaturated/α-hetero) is 1. The summed E-state index contributed by atoms with van der Waals surface area (Å²) in [6.07, 6.45) is 6.01. The van der Waals surface area contributed by atoms with Gasteiger partial charge >= 0.3 is 0 Å². The smallest absolute Gasteiger partial charge is 0.126 e. The number of H-pyrrole nitrogens is 1. The summed E-state index contributed by atoms with van der Waals surface area (Å²) in [5.41, 5.74) is 7.69. The van der Waals surface area contributed by atoms with Gasteiger partial charge in [-0.05, 0) is 93.0 Å². The molecule has 0 aliphatic heterocycles. The Morgan fingerprint density at radius 2 is 1.44 bits per heavy atom. The van der Waals surface area contributed by atoms with Gasteiger partial charge in [0.2, 0.25) is 0 Å². The first-order chi connectivity index (χ1) is 18.6. The Hall–Kier alpha value is -3.53. The fourth-order valence-electron chi connectivity index (χ4n) is 4.33.